The van der Waals surface area contributed by atoms with Crippen LogP contribution in [-0.2, 0) is 6.42 Å². The van der Waals surface area contributed by atoms with E-state index < -0.39 is 0 Å². The number of nitrogens with two attached hydrogens (primary N) is 1. The smallest absolute Gasteiger partial charge is 0.255 e. The van der Waals surface area contributed by atoms with Gasteiger partial charge in [0, 0.05) is 15.7 Å². The second-order valence-electron chi connectivity index (χ2n) is 4.96. The Hall–Kier alpha value is -1.88. The van der Waals surface area contributed by atoms with Crippen LogP contribution in [0.25, 0.3) is 0 Å². The summed E-state index contributed by atoms with van der Waals surface area (Å²) in [6.45, 7) is 4.06. The van der Waals surface area contributed by atoms with Crippen molar-refractivity contribution in [2.45, 2.75) is 26.7 Å². The molecule has 2 rings (SSSR count). The number of carbonyl (C=O) groups excluding carboxylic acids is 1. The molecule has 0 unspecified atom stereocenters. The van der Waals surface area contributed by atoms with Gasteiger partial charge >= 0.3 is 0 Å². The first-order valence-corrected chi connectivity index (χ1v) is 7.63. The predicted octanol–water partition coefficient (Wildman–Crippen LogP) is 3.94. The van der Waals surface area contributed by atoms with Crippen molar-refractivity contribution in [3.63, 3.8) is 0 Å². The number of nitrogens with one attached hydrogen (secondary N) is 1. The minimum atomic E-state index is -0.189. The average molecular weight is 348 g/mol. The maximum Gasteiger partial charge on any atom is 0.255 e. The first kappa shape index (κ1) is 15.5. The number of halogens is 1. The van der Waals surface area contributed by atoms with Crippen LogP contribution in [0.3, 0.4) is 0 Å². The van der Waals surface area contributed by atoms with Crippen LogP contribution in [0.15, 0.2) is 34.8 Å². The molecule has 1 aromatic heterocycles. The Balaban J connectivity index is 2.23. The number of nitrogens with zero attached hydrogens (tertiary/aromatic N) is 1. The molecule has 0 saturated heterocycles. The zero-order valence-electron chi connectivity index (χ0n) is 12.1. The van der Waals surface area contributed by atoms with Crippen molar-refractivity contribution in [3.05, 3.63) is 51.6 Å². The number of anilines is 2. The minimum absolute atomic E-state index is 0.189. The molecule has 0 fully saturated rings. The molecule has 0 aliphatic carbocycles. The molecule has 1 heterocycles. The summed E-state index contributed by atoms with van der Waals surface area (Å²) in [4.78, 5) is 16.6. The fourth-order valence-corrected chi connectivity index (χ4v) is 2.63. The highest BCUT2D eigenvalue weighted by Crippen LogP contribution is 2.24. The summed E-state index contributed by atoms with van der Waals surface area (Å²) in [6, 6.07) is 9.16. The Kier molecular flexibility index (Phi) is 4.96. The maximum atomic E-state index is 12.3. The first-order valence-electron chi connectivity index (χ1n) is 6.83. The van der Waals surface area contributed by atoms with Crippen molar-refractivity contribution >= 4 is 33.3 Å². The van der Waals surface area contributed by atoms with Crippen LogP contribution in [0.5, 0.6) is 0 Å². The molecule has 2 aromatic rings. The van der Waals surface area contributed by atoms with Gasteiger partial charge in [0.1, 0.15) is 5.82 Å². The number of hydrogen-bond donors (Lipinski definition) is 2. The second kappa shape index (κ2) is 6.72. The van der Waals surface area contributed by atoms with Gasteiger partial charge in [-0.3, -0.25) is 4.79 Å². The van der Waals surface area contributed by atoms with E-state index in [-0.39, 0.29) is 5.91 Å². The largest absolute Gasteiger partial charge is 0.384 e. The van der Waals surface area contributed by atoms with Gasteiger partial charge in [-0.15, -0.1) is 0 Å². The summed E-state index contributed by atoms with van der Waals surface area (Å²) in [5, 5.41) is 2.88. The molecular weight excluding hydrogens is 330 g/mol. The summed E-state index contributed by atoms with van der Waals surface area (Å²) >= 11 is 3.45. The third-order valence-corrected chi connectivity index (χ3v) is 3.70. The van der Waals surface area contributed by atoms with E-state index >= 15 is 0 Å². The Labute approximate surface area is 132 Å². The number of pyridine rings is 1. The molecule has 0 radical (unpaired) electrons. The van der Waals surface area contributed by atoms with E-state index in [4.69, 9.17) is 5.73 Å². The van der Waals surface area contributed by atoms with Gasteiger partial charge in [-0.1, -0.05) is 19.4 Å². The average Bonchev–Trinajstić information content (AvgIpc) is 2.41. The van der Waals surface area contributed by atoms with Crippen molar-refractivity contribution < 1.29 is 4.79 Å². The SMILES string of the molecule is CCCc1cc(C(=O)Nc2ccc(C)cc2Br)cc(N)n1. The molecule has 4 nitrogen and oxygen atoms in total. The number of benzene rings is 1. The molecule has 0 bridgehead atoms. The molecule has 3 N–H and O–H groups in total. The summed E-state index contributed by atoms with van der Waals surface area (Å²) < 4.78 is 0.853. The molecule has 1 aromatic carbocycles. The number of carbonyl (C=O) groups is 1. The predicted molar refractivity (Wildman–Crippen MR) is 89.5 cm³/mol. The first-order chi connectivity index (χ1) is 9.99. The third-order valence-electron chi connectivity index (χ3n) is 3.04. The number of rotatable bonds is 4. The normalized spacial score (nSPS) is 10.4. The van der Waals surface area contributed by atoms with Gasteiger partial charge in [0.25, 0.3) is 5.91 Å². The monoisotopic (exact) mass is 347 g/mol. The summed E-state index contributed by atoms with van der Waals surface area (Å²) in [6.07, 6.45) is 1.76. The lowest BCUT2D eigenvalue weighted by molar-refractivity contribution is 0.102. The van der Waals surface area contributed by atoms with Gasteiger partial charge in [-0.25, -0.2) is 4.98 Å². The molecule has 110 valence electrons. The van der Waals surface area contributed by atoms with Crippen molar-refractivity contribution in [2.24, 2.45) is 0 Å². The van der Waals surface area contributed by atoms with E-state index in [0.29, 0.717) is 11.4 Å². The van der Waals surface area contributed by atoms with Crippen LogP contribution < -0.4 is 11.1 Å². The molecule has 0 aliphatic heterocycles. The number of nitrogen functional groups attached to an aromatic ring is 1. The van der Waals surface area contributed by atoms with Crippen molar-refractivity contribution in [1.29, 1.82) is 0 Å². The minimum Gasteiger partial charge on any atom is -0.384 e. The number of aromatic nitrogens is 1. The fraction of sp³-hybridized carbons (Fsp3) is 0.250. The topological polar surface area (TPSA) is 68.0 Å². The summed E-state index contributed by atoms with van der Waals surface area (Å²) in [5.41, 5.74) is 8.99. The lowest BCUT2D eigenvalue weighted by Crippen LogP contribution is -2.14. The fourth-order valence-electron chi connectivity index (χ4n) is 2.04. The van der Waals surface area contributed by atoms with E-state index in [1.54, 1.807) is 12.1 Å². The third kappa shape index (κ3) is 4.04. The second-order valence-corrected chi connectivity index (χ2v) is 5.81. The lowest BCUT2D eigenvalue weighted by atomic mass is 10.1. The van der Waals surface area contributed by atoms with Crippen molar-refractivity contribution in [3.8, 4) is 0 Å². The molecule has 5 heteroatoms. The summed E-state index contributed by atoms with van der Waals surface area (Å²) in [7, 11) is 0. The number of aryl methyl sites for hydroxylation is 2. The quantitative estimate of drug-likeness (QED) is 0.879. The number of hydrogen-bond acceptors (Lipinski definition) is 3. The molecule has 0 saturated carbocycles. The Morgan fingerprint density at radius 1 is 1.33 bits per heavy atom. The molecule has 0 atom stereocenters. The zero-order chi connectivity index (χ0) is 15.4. The highest BCUT2D eigenvalue weighted by Gasteiger charge is 2.11. The van der Waals surface area contributed by atoms with Gasteiger partial charge in [-0.2, -0.15) is 0 Å². The molecule has 21 heavy (non-hydrogen) atoms. The van der Waals surface area contributed by atoms with E-state index in [2.05, 4.69) is 33.2 Å². The van der Waals surface area contributed by atoms with Crippen molar-refractivity contribution in [2.75, 3.05) is 11.1 Å². The van der Waals surface area contributed by atoms with Gasteiger partial charge in [0.15, 0.2) is 0 Å². The Morgan fingerprint density at radius 2 is 2.10 bits per heavy atom. The van der Waals surface area contributed by atoms with E-state index in [1.807, 2.05) is 25.1 Å². The van der Waals surface area contributed by atoms with E-state index in [0.717, 1.165) is 34.3 Å². The van der Waals surface area contributed by atoms with Crippen LogP contribution in [0.2, 0.25) is 0 Å². The standard InChI is InChI=1S/C16H18BrN3O/c1-3-4-12-8-11(9-15(18)19-12)16(21)20-14-6-5-10(2)7-13(14)17/h5-9H,3-4H2,1-2H3,(H2,18,19)(H,20,21). The van der Waals surface area contributed by atoms with E-state index in [9.17, 15) is 4.79 Å². The van der Waals surface area contributed by atoms with Gasteiger partial charge in [0.2, 0.25) is 0 Å². The Morgan fingerprint density at radius 3 is 2.76 bits per heavy atom. The summed E-state index contributed by atoms with van der Waals surface area (Å²) in [5.74, 6) is 0.181. The molecule has 1 amide bonds. The Bertz CT molecular complexity index is 671. The zero-order valence-corrected chi connectivity index (χ0v) is 13.7. The van der Waals surface area contributed by atoms with Crippen molar-refractivity contribution in [1.82, 2.24) is 4.98 Å². The van der Waals surface area contributed by atoms with Gasteiger partial charge < -0.3 is 11.1 Å². The molecule has 0 spiro atoms. The van der Waals surface area contributed by atoms with Crippen LogP contribution in [0, 0.1) is 6.92 Å². The maximum absolute atomic E-state index is 12.3. The molecular formula is C16H18BrN3O. The lowest BCUT2D eigenvalue weighted by Gasteiger charge is -2.09. The highest BCUT2D eigenvalue weighted by molar-refractivity contribution is 9.10. The van der Waals surface area contributed by atoms with Crippen LogP contribution in [0.4, 0.5) is 11.5 Å². The number of amides is 1. The molecule has 0 aliphatic rings. The van der Waals surface area contributed by atoms with Gasteiger partial charge in [0.05, 0.1) is 5.69 Å². The van der Waals surface area contributed by atoms with Crippen LogP contribution in [-0.4, -0.2) is 10.9 Å². The van der Waals surface area contributed by atoms with Crippen LogP contribution >= 0.6 is 15.9 Å². The van der Waals surface area contributed by atoms with Gasteiger partial charge in [-0.05, 0) is 59.1 Å². The highest BCUT2D eigenvalue weighted by atomic mass is 79.9. The van der Waals surface area contributed by atoms with Crippen LogP contribution in [0.1, 0.15) is 35.0 Å². The van der Waals surface area contributed by atoms with E-state index in [1.165, 1.54) is 0 Å².